The lowest BCUT2D eigenvalue weighted by Gasteiger charge is -2.41. The zero-order chi connectivity index (χ0) is 27.2. The number of benzene rings is 1. The molecule has 6 nitrogen and oxygen atoms in total. The summed E-state index contributed by atoms with van der Waals surface area (Å²) in [6.45, 7) is 11.0. The molecule has 1 aliphatic carbocycles. The van der Waals surface area contributed by atoms with Crippen LogP contribution in [0.2, 0.25) is 0 Å². The monoisotopic (exact) mass is 517 g/mol. The summed E-state index contributed by atoms with van der Waals surface area (Å²) in [5.41, 5.74) is 3.32. The van der Waals surface area contributed by atoms with Gasteiger partial charge in [-0.25, -0.2) is 8.78 Å². The molecule has 1 N–H and O–H groups in total. The highest BCUT2D eigenvalue weighted by Gasteiger charge is 2.57. The van der Waals surface area contributed by atoms with E-state index in [-0.39, 0.29) is 22.6 Å². The second kappa shape index (κ2) is 9.66. The number of hydrogen-bond donors (Lipinski definition) is 1. The first-order chi connectivity index (χ1) is 18.1. The molecule has 0 amide bonds. The second-order valence-electron chi connectivity index (χ2n) is 10.9. The molecule has 0 saturated heterocycles. The third-order valence-corrected chi connectivity index (χ3v) is 8.52. The van der Waals surface area contributed by atoms with E-state index in [2.05, 4.69) is 43.0 Å². The summed E-state index contributed by atoms with van der Waals surface area (Å²) in [6.07, 6.45) is 4.68. The third-order valence-electron chi connectivity index (χ3n) is 8.52. The van der Waals surface area contributed by atoms with Gasteiger partial charge in [0, 0.05) is 11.8 Å². The molecule has 0 spiro atoms. The maximum atomic E-state index is 14.6. The number of hydrogen-bond acceptors (Lipinski definition) is 5. The molecule has 0 aliphatic heterocycles. The SMILES string of the molecule is CC[C@H](O)Cn1cc(-c2cccc([C@@]3(C)c4nnc(-c5c(F)cccc5F)cc4[C@H](CC)C3(C)C)n2)cn1. The minimum atomic E-state index is -0.659. The van der Waals surface area contributed by atoms with Crippen LogP contribution in [0.3, 0.4) is 0 Å². The van der Waals surface area contributed by atoms with Crippen molar-refractivity contribution >= 4 is 0 Å². The lowest BCUT2D eigenvalue weighted by Crippen LogP contribution is -2.39. The van der Waals surface area contributed by atoms with Gasteiger partial charge in [0.15, 0.2) is 0 Å². The maximum Gasteiger partial charge on any atom is 0.135 e. The van der Waals surface area contributed by atoms with Crippen molar-refractivity contribution in [3.63, 3.8) is 0 Å². The highest BCUT2D eigenvalue weighted by molar-refractivity contribution is 5.64. The van der Waals surface area contributed by atoms with Gasteiger partial charge in [0.2, 0.25) is 0 Å². The number of rotatable bonds is 7. The number of aliphatic hydroxyl groups excluding tert-OH is 1. The molecule has 8 heteroatoms. The number of fused-ring (bicyclic) bond motifs is 1. The van der Waals surface area contributed by atoms with E-state index in [0.29, 0.717) is 13.0 Å². The quantitative estimate of drug-likeness (QED) is 0.312. The van der Waals surface area contributed by atoms with Gasteiger partial charge < -0.3 is 5.11 Å². The van der Waals surface area contributed by atoms with Crippen molar-refractivity contribution in [2.24, 2.45) is 5.41 Å². The van der Waals surface area contributed by atoms with E-state index in [1.165, 1.54) is 18.2 Å². The van der Waals surface area contributed by atoms with Gasteiger partial charge in [-0.1, -0.05) is 39.8 Å². The number of nitrogens with zero attached hydrogens (tertiary/aromatic N) is 5. The van der Waals surface area contributed by atoms with Crippen LogP contribution in [0.1, 0.15) is 70.3 Å². The van der Waals surface area contributed by atoms with Crippen molar-refractivity contribution in [2.45, 2.75) is 71.4 Å². The fourth-order valence-corrected chi connectivity index (χ4v) is 5.96. The van der Waals surface area contributed by atoms with Crippen molar-refractivity contribution in [3.05, 3.63) is 83.4 Å². The number of aromatic nitrogens is 5. The fraction of sp³-hybridized carbons (Fsp3) is 0.400. The molecular formula is C30H33F2N5O. The van der Waals surface area contributed by atoms with Crippen LogP contribution in [-0.4, -0.2) is 36.2 Å². The molecule has 3 aromatic heterocycles. The van der Waals surface area contributed by atoms with Crippen LogP contribution in [0.4, 0.5) is 8.78 Å². The summed E-state index contributed by atoms with van der Waals surface area (Å²) in [5, 5.41) is 23.3. The number of aliphatic hydroxyl groups is 1. The third kappa shape index (κ3) is 4.02. The summed E-state index contributed by atoms with van der Waals surface area (Å²) in [6, 6.07) is 11.5. The Bertz CT molecular complexity index is 1460. The Kier molecular flexibility index (Phi) is 6.63. The molecule has 198 valence electrons. The standard InChI is InChI=1S/C30H33F2N5O/c1-6-19(38)17-37-16-18(15-33-37)24-12-9-13-26(34-24)30(5)28-20(21(7-2)29(30,3)4)14-25(35-36-28)27-22(31)10-8-11-23(27)32/h8-16,19,21,38H,6-7,17H2,1-5H3/t19-,21-,30-/m0/s1. The van der Waals surface area contributed by atoms with Gasteiger partial charge in [-0.15, -0.1) is 5.10 Å². The molecule has 0 radical (unpaired) electrons. The molecular weight excluding hydrogens is 484 g/mol. The van der Waals surface area contributed by atoms with Crippen LogP contribution in [0, 0.1) is 17.0 Å². The Morgan fingerprint density at radius 3 is 2.39 bits per heavy atom. The molecule has 5 rings (SSSR count). The molecule has 3 atom stereocenters. The first-order valence-electron chi connectivity index (χ1n) is 13.1. The van der Waals surface area contributed by atoms with Crippen LogP contribution >= 0.6 is 0 Å². The van der Waals surface area contributed by atoms with E-state index in [4.69, 9.17) is 4.98 Å². The minimum absolute atomic E-state index is 0.0790. The average Bonchev–Trinajstić information content (AvgIpc) is 3.43. The summed E-state index contributed by atoms with van der Waals surface area (Å²) in [5.74, 6) is -1.24. The number of halogens is 2. The largest absolute Gasteiger partial charge is 0.391 e. The first-order valence-corrected chi connectivity index (χ1v) is 13.1. The highest BCUT2D eigenvalue weighted by atomic mass is 19.1. The molecule has 1 aliphatic rings. The minimum Gasteiger partial charge on any atom is -0.391 e. The van der Waals surface area contributed by atoms with Gasteiger partial charge >= 0.3 is 0 Å². The highest BCUT2D eigenvalue weighted by Crippen LogP contribution is 2.61. The van der Waals surface area contributed by atoms with Crippen molar-refractivity contribution < 1.29 is 13.9 Å². The van der Waals surface area contributed by atoms with E-state index < -0.39 is 23.2 Å². The van der Waals surface area contributed by atoms with Crippen LogP contribution in [-0.2, 0) is 12.0 Å². The molecule has 1 aromatic carbocycles. The Morgan fingerprint density at radius 2 is 1.71 bits per heavy atom. The van der Waals surface area contributed by atoms with Crippen molar-refractivity contribution in [1.29, 1.82) is 0 Å². The van der Waals surface area contributed by atoms with E-state index in [1.54, 1.807) is 16.9 Å². The fourth-order valence-electron chi connectivity index (χ4n) is 5.96. The second-order valence-corrected chi connectivity index (χ2v) is 10.9. The maximum absolute atomic E-state index is 14.6. The summed E-state index contributed by atoms with van der Waals surface area (Å²) in [7, 11) is 0. The Balaban J connectivity index is 1.61. The Labute approximate surface area is 221 Å². The predicted octanol–water partition coefficient (Wildman–Crippen LogP) is 6.29. The summed E-state index contributed by atoms with van der Waals surface area (Å²) in [4.78, 5) is 5.08. The number of pyridine rings is 1. The lowest BCUT2D eigenvalue weighted by atomic mass is 9.62. The van der Waals surface area contributed by atoms with Gasteiger partial charge in [-0.3, -0.25) is 9.67 Å². The van der Waals surface area contributed by atoms with Crippen molar-refractivity contribution in [1.82, 2.24) is 25.0 Å². The molecule has 0 fully saturated rings. The summed E-state index contributed by atoms with van der Waals surface area (Å²) >= 11 is 0. The van der Waals surface area contributed by atoms with Crippen LogP contribution in [0.15, 0.2) is 54.9 Å². The van der Waals surface area contributed by atoms with Crippen LogP contribution < -0.4 is 0 Å². The molecule has 0 saturated carbocycles. The lowest BCUT2D eigenvalue weighted by molar-refractivity contribution is 0.145. The van der Waals surface area contributed by atoms with E-state index >= 15 is 0 Å². The molecule has 38 heavy (non-hydrogen) atoms. The summed E-state index contributed by atoms with van der Waals surface area (Å²) < 4.78 is 30.9. The molecule has 0 unspecified atom stereocenters. The van der Waals surface area contributed by atoms with Gasteiger partial charge in [-0.2, -0.15) is 10.2 Å². The predicted molar refractivity (Wildman–Crippen MR) is 142 cm³/mol. The van der Waals surface area contributed by atoms with Gasteiger partial charge in [0.05, 0.1) is 52.6 Å². The Morgan fingerprint density at radius 1 is 1.00 bits per heavy atom. The smallest absolute Gasteiger partial charge is 0.135 e. The van der Waals surface area contributed by atoms with Gasteiger partial charge in [0.25, 0.3) is 0 Å². The Hall–Kier alpha value is -3.52. The zero-order valence-electron chi connectivity index (χ0n) is 22.4. The van der Waals surface area contributed by atoms with E-state index in [9.17, 15) is 13.9 Å². The average molecular weight is 518 g/mol. The van der Waals surface area contributed by atoms with Crippen LogP contribution in [0.5, 0.6) is 0 Å². The molecule has 3 heterocycles. The molecule has 4 aromatic rings. The normalized spacial score (nSPS) is 20.9. The van der Waals surface area contributed by atoms with Crippen molar-refractivity contribution in [2.75, 3.05) is 0 Å². The molecule has 0 bridgehead atoms. The van der Waals surface area contributed by atoms with E-state index in [0.717, 1.165) is 34.6 Å². The van der Waals surface area contributed by atoms with Gasteiger partial charge in [0.1, 0.15) is 11.6 Å². The topological polar surface area (TPSA) is 76.7 Å². The van der Waals surface area contributed by atoms with Crippen molar-refractivity contribution in [3.8, 4) is 22.5 Å². The van der Waals surface area contributed by atoms with Gasteiger partial charge in [-0.05, 0) is 67.0 Å². The zero-order valence-corrected chi connectivity index (χ0v) is 22.4. The van der Waals surface area contributed by atoms with E-state index in [1.807, 2.05) is 31.3 Å². The first kappa shape index (κ1) is 26.1. The van der Waals surface area contributed by atoms with Crippen LogP contribution in [0.25, 0.3) is 22.5 Å².